The number of fused-ring (bicyclic) bond motifs is 2. The summed E-state index contributed by atoms with van der Waals surface area (Å²) in [6.07, 6.45) is 0.442. The Labute approximate surface area is 209 Å². The molecule has 0 radical (unpaired) electrons. The molecule has 35 heavy (non-hydrogen) atoms. The number of carbonyl (C=O) groups is 4. The van der Waals surface area contributed by atoms with E-state index in [1.165, 1.54) is 22.3 Å². The normalized spacial score (nSPS) is 18.0. The molecule has 2 aliphatic rings. The number of para-hydroxylation sites is 1. The zero-order valence-corrected chi connectivity index (χ0v) is 20.4. The Morgan fingerprint density at radius 1 is 1.20 bits per heavy atom. The maximum Gasteiger partial charge on any atom is 0.321 e. The summed E-state index contributed by atoms with van der Waals surface area (Å²) < 4.78 is 0.924. The van der Waals surface area contributed by atoms with Crippen LogP contribution in [-0.4, -0.2) is 44.7 Å². The predicted molar refractivity (Wildman–Crippen MR) is 130 cm³/mol. The van der Waals surface area contributed by atoms with Gasteiger partial charge in [0.2, 0.25) is 11.8 Å². The number of nitrogens with zero attached hydrogens (tertiary/aromatic N) is 3. The lowest BCUT2D eigenvalue weighted by atomic mass is 10.0. The molecule has 2 aromatic heterocycles. The van der Waals surface area contributed by atoms with E-state index in [1.54, 1.807) is 12.1 Å². The smallest absolute Gasteiger partial charge is 0.321 e. The second-order valence-corrected chi connectivity index (χ2v) is 10.3. The first-order chi connectivity index (χ1) is 16.6. The van der Waals surface area contributed by atoms with Crippen LogP contribution in [0.2, 0.25) is 5.02 Å². The molecule has 3 aromatic rings. The lowest BCUT2D eigenvalue weighted by Crippen LogP contribution is -2.52. The Kier molecular flexibility index (Phi) is 5.68. The van der Waals surface area contributed by atoms with Gasteiger partial charge in [-0.1, -0.05) is 17.7 Å². The molecule has 180 valence electrons. The van der Waals surface area contributed by atoms with E-state index in [9.17, 15) is 19.2 Å². The number of anilines is 1. The van der Waals surface area contributed by atoms with Crippen LogP contribution in [-0.2, 0) is 21.7 Å². The van der Waals surface area contributed by atoms with E-state index in [0.717, 1.165) is 4.70 Å². The summed E-state index contributed by atoms with van der Waals surface area (Å²) in [7, 11) is 0. The molecule has 0 saturated carbocycles. The summed E-state index contributed by atoms with van der Waals surface area (Å²) in [5, 5.41) is 9.12. The van der Waals surface area contributed by atoms with Gasteiger partial charge in [-0.2, -0.15) is 0 Å². The Hall–Kier alpha value is -3.57. The van der Waals surface area contributed by atoms with Gasteiger partial charge < -0.3 is 10.2 Å². The molecule has 2 aliphatic heterocycles. The molecule has 4 heterocycles. The van der Waals surface area contributed by atoms with Gasteiger partial charge in [-0.25, -0.2) is 14.8 Å². The molecule has 1 atom stereocenters. The zero-order valence-electron chi connectivity index (χ0n) is 18.8. The molecular formula is C23H21ClN6O4S. The minimum atomic E-state index is -0.785. The first kappa shape index (κ1) is 23.2. The largest absolute Gasteiger partial charge is 0.326 e. The number of imide groups is 1. The number of thiazole rings is 1. The molecule has 0 bridgehead atoms. The average Bonchev–Trinajstić information content (AvgIpc) is 3.36. The zero-order chi connectivity index (χ0) is 24.9. The lowest BCUT2D eigenvalue weighted by molar-refractivity contribution is -0.136. The number of carbonyl (C=O) groups excluding carboxylic acids is 4. The fraction of sp³-hybridized carbons (Fsp3) is 0.304. The van der Waals surface area contributed by atoms with Crippen LogP contribution in [0.15, 0.2) is 30.3 Å². The summed E-state index contributed by atoms with van der Waals surface area (Å²) in [5.41, 5.74) is 0.728. The Morgan fingerprint density at radius 2 is 2.00 bits per heavy atom. The van der Waals surface area contributed by atoms with E-state index in [1.807, 2.05) is 26.0 Å². The molecule has 3 N–H and O–H groups in total. The van der Waals surface area contributed by atoms with Crippen LogP contribution in [0.1, 0.15) is 47.7 Å². The number of urea groups is 1. The molecule has 1 unspecified atom stereocenters. The lowest BCUT2D eigenvalue weighted by Gasteiger charge is -2.29. The van der Waals surface area contributed by atoms with Gasteiger partial charge in [0.25, 0.3) is 5.91 Å². The van der Waals surface area contributed by atoms with Crippen molar-refractivity contribution in [2.45, 2.75) is 44.8 Å². The number of piperidine rings is 1. The molecule has 1 saturated heterocycles. The summed E-state index contributed by atoms with van der Waals surface area (Å²) in [6, 6.07) is 7.45. The van der Waals surface area contributed by atoms with Crippen molar-refractivity contribution in [2.24, 2.45) is 0 Å². The maximum absolute atomic E-state index is 12.8. The monoisotopic (exact) mass is 512 g/mol. The molecule has 10 nitrogen and oxygen atoms in total. The molecule has 0 aliphatic carbocycles. The molecule has 0 spiro atoms. The highest BCUT2D eigenvalue weighted by atomic mass is 35.5. The number of halogens is 1. The number of amides is 5. The van der Waals surface area contributed by atoms with Crippen molar-refractivity contribution < 1.29 is 19.2 Å². The Morgan fingerprint density at radius 3 is 2.74 bits per heavy atom. The van der Waals surface area contributed by atoms with Crippen LogP contribution in [0.25, 0.3) is 10.2 Å². The standard InChI is InChI=1S/C23H21ClN6O4S/c1-23(2,21-28-18-12(24)4-3-5-15(18)35-21)29-22(34)26-16-8-6-11-13(25-16)10-30(20(11)33)14-7-9-17(31)27-19(14)32/h3-6,8,14H,7,9-10H2,1-2H3,(H,27,31,32)(H2,25,26,29,34). The summed E-state index contributed by atoms with van der Waals surface area (Å²) in [5.74, 6) is -0.891. The molecule has 12 heteroatoms. The quantitative estimate of drug-likeness (QED) is 0.460. The van der Waals surface area contributed by atoms with Gasteiger partial charge in [-0.3, -0.25) is 25.0 Å². The number of hydrogen-bond donors (Lipinski definition) is 3. The topological polar surface area (TPSA) is 133 Å². The first-order valence-corrected chi connectivity index (χ1v) is 12.1. The van der Waals surface area contributed by atoms with E-state index in [2.05, 4.69) is 25.9 Å². The number of hydrogen-bond acceptors (Lipinski definition) is 7. The second-order valence-electron chi connectivity index (χ2n) is 8.90. The van der Waals surface area contributed by atoms with E-state index in [4.69, 9.17) is 11.6 Å². The van der Waals surface area contributed by atoms with E-state index in [0.29, 0.717) is 26.8 Å². The van der Waals surface area contributed by atoms with Crippen molar-refractivity contribution in [3.05, 3.63) is 51.6 Å². The van der Waals surface area contributed by atoms with E-state index in [-0.39, 0.29) is 37.0 Å². The minimum Gasteiger partial charge on any atom is -0.326 e. The number of nitrogens with one attached hydrogen (secondary N) is 3. The third-order valence-corrected chi connectivity index (χ3v) is 7.59. The highest BCUT2D eigenvalue weighted by Gasteiger charge is 2.40. The van der Waals surface area contributed by atoms with Crippen LogP contribution < -0.4 is 16.0 Å². The fourth-order valence-electron chi connectivity index (χ4n) is 4.17. The van der Waals surface area contributed by atoms with Gasteiger partial charge in [-0.15, -0.1) is 11.3 Å². The van der Waals surface area contributed by atoms with Crippen LogP contribution in [0.5, 0.6) is 0 Å². The molecule has 5 rings (SSSR count). The van der Waals surface area contributed by atoms with Crippen LogP contribution >= 0.6 is 22.9 Å². The van der Waals surface area contributed by atoms with Crippen molar-refractivity contribution in [2.75, 3.05) is 5.32 Å². The Balaban J connectivity index is 1.28. The van der Waals surface area contributed by atoms with Gasteiger partial charge in [0.1, 0.15) is 22.4 Å². The average molecular weight is 513 g/mol. The third-order valence-electron chi connectivity index (χ3n) is 5.94. The summed E-state index contributed by atoms with van der Waals surface area (Å²) in [4.78, 5) is 59.6. The second kappa shape index (κ2) is 8.58. The molecule has 1 fully saturated rings. The SMILES string of the molecule is CC(C)(NC(=O)Nc1ccc2c(n1)CN(C1CCC(=O)NC1=O)C2=O)c1nc2c(Cl)cccc2s1. The van der Waals surface area contributed by atoms with Gasteiger partial charge in [0.05, 0.1) is 33.1 Å². The van der Waals surface area contributed by atoms with Crippen LogP contribution in [0.3, 0.4) is 0 Å². The van der Waals surface area contributed by atoms with Gasteiger partial charge in [0, 0.05) is 6.42 Å². The highest BCUT2D eigenvalue weighted by Crippen LogP contribution is 2.33. The Bertz CT molecular complexity index is 1400. The van der Waals surface area contributed by atoms with E-state index < -0.39 is 23.5 Å². The van der Waals surface area contributed by atoms with E-state index >= 15 is 0 Å². The highest BCUT2D eigenvalue weighted by molar-refractivity contribution is 7.18. The third kappa shape index (κ3) is 4.32. The van der Waals surface area contributed by atoms with Gasteiger partial charge >= 0.3 is 6.03 Å². The maximum atomic E-state index is 12.8. The number of benzene rings is 1. The van der Waals surface area contributed by atoms with Crippen molar-refractivity contribution >= 4 is 62.7 Å². The first-order valence-electron chi connectivity index (χ1n) is 10.9. The number of rotatable bonds is 4. The minimum absolute atomic E-state index is 0.121. The fourth-order valence-corrected chi connectivity index (χ4v) is 5.50. The summed E-state index contributed by atoms with van der Waals surface area (Å²) in [6.45, 7) is 3.80. The number of pyridine rings is 1. The number of aromatic nitrogens is 2. The van der Waals surface area contributed by atoms with Gasteiger partial charge in [0.15, 0.2) is 0 Å². The molecule has 5 amide bonds. The van der Waals surface area contributed by atoms with Crippen molar-refractivity contribution in [3.8, 4) is 0 Å². The molecular weight excluding hydrogens is 492 g/mol. The van der Waals surface area contributed by atoms with Crippen LogP contribution in [0, 0.1) is 0 Å². The van der Waals surface area contributed by atoms with Crippen molar-refractivity contribution in [1.82, 2.24) is 25.5 Å². The van der Waals surface area contributed by atoms with Crippen LogP contribution in [0.4, 0.5) is 10.6 Å². The van der Waals surface area contributed by atoms with Crippen molar-refractivity contribution in [3.63, 3.8) is 0 Å². The summed E-state index contributed by atoms with van der Waals surface area (Å²) >= 11 is 7.68. The van der Waals surface area contributed by atoms with Crippen molar-refractivity contribution in [1.29, 1.82) is 0 Å². The van der Waals surface area contributed by atoms with Gasteiger partial charge in [-0.05, 0) is 44.5 Å². The predicted octanol–water partition coefficient (Wildman–Crippen LogP) is 3.16. The molecule has 1 aromatic carbocycles.